The molecule has 0 saturated heterocycles. The highest BCUT2D eigenvalue weighted by Gasteiger charge is 2.16. The molecule has 124 valence electrons. The summed E-state index contributed by atoms with van der Waals surface area (Å²) in [6.45, 7) is -0.0535. The molecular formula is C15H16N6O3. The first-order chi connectivity index (χ1) is 11.5. The summed E-state index contributed by atoms with van der Waals surface area (Å²) in [5, 5.41) is 2.68. The van der Waals surface area contributed by atoms with Gasteiger partial charge in [0.05, 0.1) is 6.33 Å². The molecule has 1 amide bonds. The Labute approximate surface area is 136 Å². The Hall–Kier alpha value is -3.23. The third kappa shape index (κ3) is 2.71. The first-order valence-electron chi connectivity index (χ1n) is 7.25. The Morgan fingerprint density at radius 1 is 1.21 bits per heavy atom. The van der Waals surface area contributed by atoms with Crippen LogP contribution in [0.4, 0.5) is 0 Å². The molecule has 0 fully saturated rings. The van der Waals surface area contributed by atoms with E-state index in [1.54, 1.807) is 31.6 Å². The fourth-order valence-corrected chi connectivity index (χ4v) is 2.44. The molecular weight excluding hydrogens is 312 g/mol. The topological polar surface area (TPSA) is 104 Å². The van der Waals surface area contributed by atoms with Crippen molar-refractivity contribution in [2.24, 2.45) is 14.1 Å². The normalized spacial score (nSPS) is 10.9. The molecule has 0 unspecified atom stereocenters. The van der Waals surface area contributed by atoms with E-state index in [2.05, 4.69) is 15.3 Å². The molecule has 0 aliphatic carbocycles. The summed E-state index contributed by atoms with van der Waals surface area (Å²) in [6, 6.07) is 3.54. The molecule has 0 aromatic carbocycles. The van der Waals surface area contributed by atoms with E-state index in [1.165, 1.54) is 22.5 Å². The Bertz CT molecular complexity index is 1020. The van der Waals surface area contributed by atoms with E-state index >= 15 is 0 Å². The van der Waals surface area contributed by atoms with Crippen molar-refractivity contribution in [3.63, 3.8) is 0 Å². The Kier molecular flexibility index (Phi) is 3.98. The van der Waals surface area contributed by atoms with Crippen molar-refractivity contribution in [2.45, 2.75) is 13.1 Å². The minimum atomic E-state index is -0.578. The standard InChI is InChI=1S/C15H16N6O3/c1-19-9-18-13-12(19)14(23)21(15(24)20(13)2)8-11(22)17-7-10-3-5-16-6-4-10/h3-6,9H,7-8H2,1-2H3,(H,17,22). The number of pyridine rings is 1. The molecule has 3 aromatic heterocycles. The first-order valence-corrected chi connectivity index (χ1v) is 7.25. The monoisotopic (exact) mass is 328 g/mol. The summed E-state index contributed by atoms with van der Waals surface area (Å²) in [6.07, 6.45) is 4.70. The average molecular weight is 328 g/mol. The Balaban J connectivity index is 1.87. The van der Waals surface area contributed by atoms with E-state index < -0.39 is 17.2 Å². The van der Waals surface area contributed by atoms with Gasteiger partial charge in [-0.2, -0.15) is 0 Å². The fraction of sp³-hybridized carbons (Fsp3) is 0.267. The summed E-state index contributed by atoms with van der Waals surface area (Å²) >= 11 is 0. The molecule has 1 N–H and O–H groups in total. The van der Waals surface area contributed by atoms with Gasteiger partial charge in [-0.1, -0.05) is 0 Å². The van der Waals surface area contributed by atoms with Gasteiger partial charge in [-0.25, -0.2) is 14.3 Å². The second-order valence-corrected chi connectivity index (χ2v) is 5.39. The smallest absolute Gasteiger partial charge is 0.332 e. The van der Waals surface area contributed by atoms with Crippen LogP contribution in [-0.2, 0) is 32.0 Å². The minimum Gasteiger partial charge on any atom is -0.350 e. The molecule has 0 radical (unpaired) electrons. The first kappa shape index (κ1) is 15.7. The highest BCUT2D eigenvalue weighted by atomic mass is 16.2. The zero-order chi connectivity index (χ0) is 17.3. The molecule has 9 nitrogen and oxygen atoms in total. The number of aryl methyl sites for hydroxylation is 2. The van der Waals surface area contributed by atoms with E-state index in [1.807, 2.05) is 0 Å². The number of hydrogen-bond donors (Lipinski definition) is 1. The molecule has 3 rings (SSSR count). The molecule has 0 atom stereocenters. The quantitative estimate of drug-likeness (QED) is 0.671. The lowest BCUT2D eigenvalue weighted by atomic mass is 10.3. The molecule has 0 bridgehead atoms. The number of carbonyl (C=O) groups is 1. The predicted molar refractivity (Wildman–Crippen MR) is 86.3 cm³/mol. The van der Waals surface area contributed by atoms with E-state index in [9.17, 15) is 14.4 Å². The van der Waals surface area contributed by atoms with Crippen LogP contribution in [-0.4, -0.2) is 29.6 Å². The third-order valence-electron chi connectivity index (χ3n) is 3.74. The lowest BCUT2D eigenvalue weighted by molar-refractivity contribution is -0.121. The SMILES string of the molecule is Cn1cnc2c1c(=O)n(CC(=O)NCc1ccncc1)c(=O)n2C. The van der Waals surface area contributed by atoms with Crippen molar-refractivity contribution in [1.82, 2.24) is 29.0 Å². The highest BCUT2D eigenvalue weighted by molar-refractivity contribution is 5.76. The Morgan fingerprint density at radius 2 is 1.92 bits per heavy atom. The van der Waals surface area contributed by atoms with E-state index in [0.29, 0.717) is 12.2 Å². The molecule has 24 heavy (non-hydrogen) atoms. The zero-order valence-corrected chi connectivity index (χ0v) is 13.3. The fourth-order valence-electron chi connectivity index (χ4n) is 2.44. The highest BCUT2D eigenvalue weighted by Crippen LogP contribution is 2.02. The number of carbonyl (C=O) groups excluding carboxylic acids is 1. The molecule has 0 spiro atoms. The zero-order valence-electron chi connectivity index (χ0n) is 13.3. The van der Waals surface area contributed by atoms with Crippen LogP contribution in [0.2, 0.25) is 0 Å². The van der Waals surface area contributed by atoms with Crippen LogP contribution in [0.1, 0.15) is 5.56 Å². The second-order valence-electron chi connectivity index (χ2n) is 5.39. The summed E-state index contributed by atoms with van der Waals surface area (Å²) < 4.78 is 3.70. The molecule has 3 aromatic rings. The molecule has 9 heteroatoms. The van der Waals surface area contributed by atoms with Gasteiger partial charge in [0.2, 0.25) is 5.91 Å². The Morgan fingerprint density at radius 3 is 2.62 bits per heavy atom. The van der Waals surface area contributed by atoms with Gasteiger partial charge in [-0.3, -0.25) is 19.1 Å². The van der Waals surface area contributed by atoms with Crippen molar-refractivity contribution in [2.75, 3.05) is 0 Å². The number of nitrogens with zero attached hydrogens (tertiary/aromatic N) is 5. The van der Waals surface area contributed by atoms with Crippen LogP contribution < -0.4 is 16.6 Å². The van der Waals surface area contributed by atoms with Crippen LogP contribution in [0.15, 0.2) is 40.4 Å². The van der Waals surface area contributed by atoms with E-state index in [4.69, 9.17) is 0 Å². The van der Waals surface area contributed by atoms with E-state index in [-0.39, 0.29) is 12.1 Å². The summed E-state index contributed by atoms with van der Waals surface area (Å²) in [7, 11) is 3.18. The van der Waals surface area contributed by atoms with Gasteiger partial charge < -0.3 is 9.88 Å². The van der Waals surface area contributed by atoms with Crippen LogP contribution >= 0.6 is 0 Å². The number of rotatable bonds is 4. The minimum absolute atomic E-state index is 0.277. The molecule has 0 saturated carbocycles. The number of amides is 1. The maximum Gasteiger partial charge on any atom is 0.332 e. The number of hydrogen-bond acceptors (Lipinski definition) is 5. The van der Waals surface area contributed by atoms with Gasteiger partial charge >= 0.3 is 5.69 Å². The van der Waals surface area contributed by atoms with Crippen LogP contribution in [0, 0.1) is 0 Å². The third-order valence-corrected chi connectivity index (χ3v) is 3.74. The number of nitrogens with one attached hydrogen (secondary N) is 1. The lowest BCUT2D eigenvalue weighted by Crippen LogP contribution is -2.43. The van der Waals surface area contributed by atoms with Gasteiger partial charge in [0.25, 0.3) is 5.56 Å². The van der Waals surface area contributed by atoms with Crippen LogP contribution in [0.25, 0.3) is 11.2 Å². The lowest BCUT2D eigenvalue weighted by Gasteiger charge is -2.09. The van der Waals surface area contributed by atoms with Crippen LogP contribution in [0.3, 0.4) is 0 Å². The van der Waals surface area contributed by atoms with Crippen molar-refractivity contribution < 1.29 is 4.79 Å². The largest absolute Gasteiger partial charge is 0.350 e. The maximum absolute atomic E-state index is 12.5. The van der Waals surface area contributed by atoms with Gasteiger partial charge in [0.15, 0.2) is 11.2 Å². The van der Waals surface area contributed by atoms with Gasteiger partial charge in [0.1, 0.15) is 6.54 Å². The molecule has 0 aliphatic heterocycles. The number of imidazole rings is 1. The summed E-state index contributed by atoms with van der Waals surface area (Å²) in [5.74, 6) is -0.424. The van der Waals surface area contributed by atoms with Gasteiger partial charge in [-0.15, -0.1) is 0 Å². The van der Waals surface area contributed by atoms with Gasteiger partial charge in [-0.05, 0) is 17.7 Å². The van der Waals surface area contributed by atoms with Gasteiger partial charge in [0, 0.05) is 33.0 Å². The van der Waals surface area contributed by atoms with Crippen LogP contribution in [0.5, 0.6) is 0 Å². The summed E-state index contributed by atoms with van der Waals surface area (Å²) in [4.78, 5) is 44.8. The van der Waals surface area contributed by atoms with E-state index in [0.717, 1.165) is 10.1 Å². The van der Waals surface area contributed by atoms with Crippen molar-refractivity contribution in [1.29, 1.82) is 0 Å². The second kappa shape index (κ2) is 6.11. The van der Waals surface area contributed by atoms with Crippen molar-refractivity contribution in [3.8, 4) is 0 Å². The molecule has 0 aliphatic rings. The van der Waals surface area contributed by atoms with Crippen molar-refractivity contribution in [3.05, 3.63) is 57.3 Å². The predicted octanol–water partition coefficient (Wildman–Crippen LogP) is -0.855. The number of aromatic nitrogens is 5. The maximum atomic E-state index is 12.5. The molecule has 3 heterocycles. The van der Waals surface area contributed by atoms with Crippen molar-refractivity contribution >= 4 is 17.1 Å². The number of fused-ring (bicyclic) bond motifs is 1. The average Bonchev–Trinajstić information content (AvgIpc) is 2.98. The summed E-state index contributed by atoms with van der Waals surface area (Å²) in [5.41, 5.74) is 0.332.